The van der Waals surface area contributed by atoms with E-state index in [4.69, 9.17) is 0 Å². The van der Waals surface area contributed by atoms with Crippen LogP contribution in [-0.4, -0.2) is 53.7 Å². The highest BCUT2D eigenvalue weighted by Gasteiger charge is 2.58. The Hall–Kier alpha value is -3.42. The number of amidine groups is 1. The molecule has 3 aromatic heterocycles. The molecule has 8 heterocycles. The zero-order valence-corrected chi connectivity index (χ0v) is 38.6. The van der Waals surface area contributed by atoms with Gasteiger partial charge in [-0.15, -0.1) is 0 Å². The topological polar surface area (TPSA) is 32.7 Å². The van der Waals surface area contributed by atoms with E-state index in [1.807, 2.05) is 0 Å². The van der Waals surface area contributed by atoms with Gasteiger partial charge in [0.2, 0.25) is 0 Å². The van der Waals surface area contributed by atoms with E-state index in [1.54, 1.807) is 5.84 Å². The molecule has 0 N–H and O–H groups in total. The van der Waals surface area contributed by atoms with Crippen LogP contribution >= 0.6 is 0 Å². The van der Waals surface area contributed by atoms with Gasteiger partial charge in [0.15, 0.2) is 16.7 Å². The lowest BCUT2D eigenvalue weighted by Crippen LogP contribution is -2.66. The summed E-state index contributed by atoms with van der Waals surface area (Å²) in [6, 6.07) is 1.37. The van der Waals surface area contributed by atoms with Crippen LogP contribution in [0.2, 0.25) is 0 Å². The van der Waals surface area contributed by atoms with Crippen molar-refractivity contribution in [3.63, 3.8) is 0 Å². The molecule has 2 unspecified atom stereocenters. The van der Waals surface area contributed by atoms with E-state index in [1.165, 1.54) is 99.2 Å². The molecular formula is C46H76N8+4. The average Bonchev–Trinajstić information content (AvgIpc) is 3.58. The molecule has 54 heavy (non-hydrogen) atoms. The minimum atomic E-state index is 0.272. The Kier molecular flexibility index (Phi) is 9.35. The number of aromatic nitrogens is 6. The number of hydrogen-bond donors (Lipinski definition) is 0. The van der Waals surface area contributed by atoms with E-state index in [0.717, 1.165) is 0 Å². The lowest BCUT2D eigenvalue weighted by atomic mass is 9.86. The minimum Gasteiger partial charge on any atom is -0.262 e. The Bertz CT molecular complexity index is 2130. The van der Waals surface area contributed by atoms with E-state index >= 15 is 0 Å². The van der Waals surface area contributed by atoms with Gasteiger partial charge in [0, 0.05) is 38.8 Å². The molecule has 5 aliphatic heterocycles. The highest BCUT2D eigenvalue weighted by Crippen LogP contribution is 2.40. The van der Waals surface area contributed by atoms with E-state index in [2.05, 4.69) is 190 Å². The molecule has 0 bridgehead atoms. The van der Waals surface area contributed by atoms with Crippen molar-refractivity contribution in [1.29, 1.82) is 0 Å². The lowest BCUT2D eigenvalue weighted by molar-refractivity contribution is -0.807. The van der Waals surface area contributed by atoms with Gasteiger partial charge >= 0.3 is 0 Å². The van der Waals surface area contributed by atoms with Crippen LogP contribution in [-0.2, 0) is 57.0 Å². The number of hydrogen-bond acceptors (Lipinski definition) is 1. The number of nitrogens with zero attached hydrogens (tertiary/aromatic N) is 8. The summed E-state index contributed by atoms with van der Waals surface area (Å²) in [5.74, 6) is 5.85. The van der Waals surface area contributed by atoms with Gasteiger partial charge in [0.25, 0.3) is 23.3 Å². The quantitative estimate of drug-likeness (QED) is 0.184. The molecule has 296 valence electrons. The molecule has 0 saturated carbocycles. The number of rotatable bonds is 0. The van der Waals surface area contributed by atoms with Crippen molar-refractivity contribution in [2.24, 2.45) is 21.1 Å². The van der Waals surface area contributed by atoms with Crippen molar-refractivity contribution in [2.45, 2.75) is 185 Å². The fourth-order valence-electron chi connectivity index (χ4n) is 10.9. The van der Waals surface area contributed by atoms with Gasteiger partial charge in [-0.3, -0.25) is 9.48 Å². The van der Waals surface area contributed by atoms with E-state index < -0.39 is 0 Å². The summed E-state index contributed by atoms with van der Waals surface area (Å²) in [5.41, 5.74) is 15.8. The first-order chi connectivity index (χ1) is 24.6. The normalized spacial score (nSPS) is 22.4. The Morgan fingerprint density at radius 2 is 1.11 bits per heavy atom. The highest BCUT2D eigenvalue weighted by atomic mass is 15.4. The summed E-state index contributed by atoms with van der Waals surface area (Å²) in [6.07, 6.45) is 4.85. The minimum absolute atomic E-state index is 0.272. The van der Waals surface area contributed by atoms with Crippen molar-refractivity contribution >= 4 is 16.9 Å². The zero-order valence-electron chi connectivity index (χ0n) is 38.6. The molecule has 1 aromatic carbocycles. The van der Waals surface area contributed by atoms with Crippen LogP contribution in [0.25, 0.3) is 11.0 Å². The van der Waals surface area contributed by atoms with Crippen LogP contribution in [0.1, 0.15) is 138 Å². The monoisotopic (exact) mass is 741 g/mol. The summed E-state index contributed by atoms with van der Waals surface area (Å²) < 4.78 is 16.8. The van der Waals surface area contributed by atoms with Crippen molar-refractivity contribution < 1.29 is 18.3 Å². The van der Waals surface area contributed by atoms with E-state index in [0.29, 0.717) is 28.7 Å². The third-order valence-corrected chi connectivity index (χ3v) is 15.1. The van der Waals surface area contributed by atoms with Crippen LogP contribution in [0.4, 0.5) is 0 Å². The smallest absolute Gasteiger partial charge is 0.262 e. The van der Waals surface area contributed by atoms with Crippen LogP contribution in [0.15, 0.2) is 0 Å². The SMILES string of the molecule is CC1C(C)[N+](C)=C2CC(C)(C)N21.Cc1c(C)[n+](C)c2n1C(C)(C)C2.Cc1c(C)c(C)c2c(c1C)n1c([n+]2C)CC1(C)C.Cc1c2[n+](c(C)n1C)C(C)(C)C2. The van der Waals surface area contributed by atoms with Gasteiger partial charge in [0.1, 0.15) is 51.3 Å². The predicted octanol–water partition coefficient (Wildman–Crippen LogP) is 6.73. The van der Waals surface area contributed by atoms with Gasteiger partial charge < -0.3 is 0 Å². The maximum Gasteiger partial charge on any atom is 0.262 e. The van der Waals surface area contributed by atoms with Crippen LogP contribution < -0.4 is 13.7 Å². The maximum absolute atomic E-state index is 2.57. The fraction of sp³-hybridized carbons (Fsp3) is 0.696. The molecular weight excluding hydrogens is 665 g/mol. The van der Waals surface area contributed by atoms with E-state index in [9.17, 15) is 0 Å². The summed E-state index contributed by atoms with van der Waals surface area (Å²) >= 11 is 0. The number of fused-ring (bicyclic) bond motifs is 6. The van der Waals surface area contributed by atoms with E-state index in [-0.39, 0.29) is 5.54 Å². The molecule has 8 heteroatoms. The predicted molar refractivity (Wildman–Crippen MR) is 222 cm³/mol. The zero-order chi connectivity index (χ0) is 40.7. The molecule has 2 atom stereocenters. The molecule has 4 aromatic rings. The van der Waals surface area contributed by atoms with Crippen molar-refractivity contribution in [3.8, 4) is 0 Å². The number of imidazole rings is 3. The molecule has 8 nitrogen and oxygen atoms in total. The van der Waals surface area contributed by atoms with Gasteiger partial charge in [-0.05, 0) is 108 Å². The highest BCUT2D eigenvalue weighted by molar-refractivity contribution is 5.87. The summed E-state index contributed by atoms with van der Waals surface area (Å²) in [7, 11) is 8.73. The molecule has 0 spiro atoms. The third kappa shape index (κ3) is 5.56. The van der Waals surface area contributed by atoms with Crippen molar-refractivity contribution in [1.82, 2.24) is 18.6 Å². The van der Waals surface area contributed by atoms with Crippen LogP contribution in [0, 0.1) is 55.4 Å². The molecule has 5 aliphatic rings. The molecule has 0 aliphatic carbocycles. The number of likely N-dealkylation sites (N-methyl/N-ethyl adjacent to an activating group) is 1. The fourth-order valence-corrected chi connectivity index (χ4v) is 10.9. The second-order valence-electron chi connectivity index (χ2n) is 20.3. The first kappa shape index (κ1) is 40.2. The van der Waals surface area contributed by atoms with Crippen molar-refractivity contribution in [3.05, 3.63) is 62.5 Å². The first-order valence-corrected chi connectivity index (χ1v) is 20.6. The summed E-state index contributed by atoms with van der Waals surface area (Å²) in [6.45, 7) is 41.0. The number of benzene rings is 1. The Balaban J connectivity index is 0.000000125. The Morgan fingerprint density at radius 1 is 0.593 bits per heavy atom. The Labute approximate surface area is 328 Å². The molecule has 9 rings (SSSR count). The molecule has 1 saturated heterocycles. The molecule has 0 radical (unpaired) electrons. The van der Waals surface area contributed by atoms with Gasteiger partial charge in [-0.1, -0.05) is 0 Å². The summed E-state index contributed by atoms with van der Waals surface area (Å²) in [4.78, 5) is 2.57. The average molecular weight is 741 g/mol. The van der Waals surface area contributed by atoms with Gasteiger partial charge in [0.05, 0.1) is 53.9 Å². The van der Waals surface area contributed by atoms with Crippen molar-refractivity contribution in [2.75, 3.05) is 7.05 Å². The Morgan fingerprint density at radius 3 is 1.50 bits per heavy atom. The van der Waals surface area contributed by atoms with Crippen LogP contribution in [0.3, 0.4) is 0 Å². The second-order valence-corrected chi connectivity index (χ2v) is 20.3. The summed E-state index contributed by atoms with van der Waals surface area (Å²) in [5, 5.41) is 0. The van der Waals surface area contributed by atoms with Gasteiger partial charge in [-0.25, -0.2) is 27.4 Å². The van der Waals surface area contributed by atoms with Crippen LogP contribution in [0.5, 0.6) is 0 Å². The second kappa shape index (κ2) is 12.5. The van der Waals surface area contributed by atoms with Gasteiger partial charge in [-0.2, -0.15) is 0 Å². The standard InChI is InChI=1S/C16H23N2.C10H17N2.C10H19N2.C10H17N2/c1-9-10(2)12(4)15-14(11(9)3)17(7)13-8-16(5,6)18(13)15;1-7-9-6-10(3,4)12(9)8(2)11(7)5;2*1-7-8(2)12-9(11(7)5)6-10(12,3)4/h8H2,1-7H3;6H2,1-5H3;7-8H,6H2,1-5H3;6H2,1-5H3/q4*+1. The lowest BCUT2D eigenvalue weighted by Gasteiger charge is -2.42. The molecule has 0 amide bonds. The maximum atomic E-state index is 2.57. The first-order valence-electron chi connectivity index (χ1n) is 20.6. The largest absolute Gasteiger partial charge is 0.262 e. The molecule has 1 fully saturated rings. The third-order valence-electron chi connectivity index (χ3n) is 15.1. The number of aryl methyl sites for hydroxylation is 3.